The van der Waals surface area contributed by atoms with Crippen molar-refractivity contribution in [3.8, 4) is 5.75 Å². The van der Waals surface area contributed by atoms with Gasteiger partial charge < -0.3 is 10.1 Å². The third-order valence-electron chi connectivity index (χ3n) is 4.70. The molecule has 2 N–H and O–H groups in total. The van der Waals surface area contributed by atoms with Crippen LogP contribution in [0.15, 0.2) is 47.4 Å². The van der Waals surface area contributed by atoms with E-state index >= 15 is 0 Å². The first-order chi connectivity index (χ1) is 13.3. The van der Waals surface area contributed by atoms with E-state index in [1.54, 1.807) is 24.3 Å². The summed E-state index contributed by atoms with van der Waals surface area (Å²) in [6.45, 7) is 3.75. The van der Waals surface area contributed by atoms with Crippen molar-refractivity contribution in [2.75, 3.05) is 11.3 Å². The first-order valence-electron chi connectivity index (χ1n) is 9.45. The number of hydrogen-bond donors (Lipinski definition) is 2. The van der Waals surface area contributed by atoms with Crippen molar-refractivity contribution >= 4 is 21.6 Å². The second kappa shape index (κ2) is 8.65. The molecule has 2 aromatic rings. The van der Waals surface area contributed by atoms with Gasteiger partial charge in [0.15, 0.2) is 6.61 Å². The molecule has 1 saturated carbocycles. The van der Waals surface area contributed by atoms with Gasteiger partial charge in [-0.25, -0.2) is 8.42 Å². The van der Waals surface area contributed by atoms with Crippen molar-refractivity contribution in [2.24, 2.45) is 0 Å². The van der Waals surface area contributed by atoms with E-state index in [0.29, 0.717) is 11.4 Å². The van der Waals surface area contributed by atoms with Gasteiger partial charge in [-0.05, 0) is 74.2 Å². The Morgan fingerprint density at radius 2 is 1.64 bits per heavy atom. The standard InChI is InChI=1S/C21H26N2O4S/c1-15-11-16(2)13-18(12-15)23-28(25,26)20-9-7-19(8-10-20)27-14-21(24)22-17-5-3-4-6-17/h7-13,17,23H,3-6,14H2,1-2H3,(H,22,24). The lowest BCUT2D eigenvalue weighted by molar-refractivity contribution is -0.123. The maximum absolute atomic E-state index is 12.6. The molecular formula is C21H26N2O4S. The smallest absolute Gasteiger partial charge is 0.261 e. The summed E-state index contributed by atoms with van der Waals surface area (Å²) < 4.78 is 33.2. The monoisotopic (exact) mass is 402 g/mol. The van der Waals surface area contributed by atoms with Crippen molar-refractivity contribution in [1.29, 1.82) is 0 Å². The molecule has 0 heterocycles. The molecule has 0 bridgehead atoms. The molecule has 0 radical (unpaired) electrons. The minimum Gasteiger partial charge on any atom is -0.484 e. The average molecular weight is 403 g/mol. The normalized spacial score (nSPS) is 14.6. The Kier molecular flexibility index (Phi) is 6.24. The Hall–Kier alpha value is -2.54. The van der Waals surface area contributed by atoms with Crippen molar-refractivity contribution in [3.63, 3.8) is 0 Å². The lowest BCUT2D eigenvalue weighted by Gasteiger charge is -2.13. The van der Waals surface area contributed by atoms with Gasteiger partial charge in [0.2, 0.25) is 0 Å². The van der Waals surface area contributed by atoms with E-state index in [-0.39, 0.29) is 23.5 Å². The number of benzene rings is 2. The van der Waals surface area contributed by atoms with Gasteiger partial charge in [0.25, 0.3) is 15.9 Å². The number of aryl methyl sites for hydroxylation is 2. The predicted molar refractivity (Wildman–Crippen MR) is 109 cm³/mol. The molecule has 3 rings (SSSR count). The highest BCUT2D eigenvalue weighted by atomic mass is 32.2. The number of amides is 1. The Labute approximate surface area is 166 Å². The van der Waals surface area contributed by atoms with Crippen molar-refractivity contribution in [2.45, 2.75) is 50.5 Å². The van der Waals surface area contributed by atoms with Crippen LogP contribution >= 0.6 is 0 Å². The van der Waals surface area contributed by atoms with Crippen LogP contribution in [0.4, 0.5) is 5.69 Å². The van der Waals surface area contributed by atoms with E-state index in [1.165, 1.54) is 12.1 Å². The number of anilines is 1. The number of carbonyl (C=O) groups excluding carboxylic acids is 1. The maximum Gasteiger partial charge on any atom is 0.261 e. The highest BCUT2D eigenvalue weighted by Gasteiger charge is 2.18. The topological polar surface area (TPSA) is 84.5 Å². The minimum atomic E-state index is -3.70. The molecule has 0 saturated heterocycles. The van der Waals surface area contributed by atoms with Crippen LogP contribution in [-0.4, -0.2) is 27.0 Å². The van der Waals surface area contributed by atoms with E-state index in [9.17, 15) is 13.2 Å². The number of hydrogen-bond acceptors (Lipinski definition) is 4. The molecule has 0 aromatic heterocycles. The molecule has 2 aromatic carbocycles. The second-order valence-electron chi connectivity index (χ2n) is 7.29. The first kappa shape index (κ1) is 20.2. The molecule has 1 amide bonds. The summed E-state index contributed by atoms with van der Waals surface area (Å²) >= 11 is 0. The summed E-state index contributed by atoms with van der Waals surface area (Å²) in [5.74, 6) is 0.298. The zero-order chi connectivity index (χ0) is 20.1. The molecule has 7 heteroatoms. The predicted octanol–water partition coefficient (Wildman–Crippen LogP) is 3.54. The summed E-state index contributed by atoms with van der Waals surface area (Å²) in [4.78, 5) is 12.0. The average Bonchev–Trinajstić information content (AvgIpc) is 3.12. The van der Waals surface area contributed by atoms with Crippen LogP contribution in [0.3, 0.4) is 0 Å². The number of nitrogens with one attached hydrogen (secondary N) is 2. The van der Waals surface area contributed by atoms with E-state index in [1.807, 2.05) is 19.9 Å². The highest BCUT2D eigenvalue weighted by molar-refractivity contribution is 7.92. The van der Waals surface area contributed by atoms with Gasteiger partial charge in [-0.15, -0.1) is 0 Å². The summed E-state index contributed by atoms with van der Waals surface area (Å²) in [6.07, 6.45) is 4.34. The van der Waals surface area contributed by atoms with Gasteiger partial charge in [0, 0.05) is 11.7 Å². The van der Waals surface area contributed by atoms with Crippen LogP contribution in [0.2, 0.25) is 0 Å². The molecule has 0 atom stereocenters. The third kappa shape index (κ3) is 5.48. The Bertz CT molecular complexity index is 913. The van der Waals surface area contributed by atoms with E-state index < -0.39 is 10.0 Å². The fourth-order valence-electron chi connectivity index (χ4n) is 3.45. The van der Waals surface area contributed by atoms with Crippen LogP contribution in [0.5, 0.6) is 5.75 Å². The molecule has 1 aliphatic carbocycles. The third-order valence-corrected chi connectivity index (χ3v) is 6.10. The van der Waals surface area contributed by atoms with E-state index in [2.05, 4.69) is 10.0 Å². The summed E-state index contributed by atoms with van der Waals surface area (Å²) in [6, 6.07) is 11.8. The van der Waals surface area contributed by atoms with Crippen LogP contribution < -0.4 is 14.8 Å². The molecule has 1 fully saturated rings. The molecule has 0 unspecified atom stereocenters. The van der Waals surface area contributed by atoms with Gasteiger partial charge in [-0.2, -0.15) is 0 Å². The molecule has 0 spiro atoms. The van der Waals surface area contributed by atoms with Crippen molar-refractivity contribution in [1.82, 2.24) is 5.32 Å². The molecule has 1 aliphatic rings. The zero-order valence-corrected chi connectivity index (χ0v) is 17.0. The summed E-state index contributed by atoms with van der Waals surface area (Å²) in [5.41, 5.74) is 2.50. The van der Waals surface area contributed by atoms with E-state index in [0.717, 1.165) is 36.8 Å². The SMILES string of the molecule is Cc1cc(C)cc(NS(=O)(=O)c2ccc(OCC(=O)NC3CCCC3)cc2)c1. The Balaban J connectivity index is 1.58. The second-order valence-corrected chi connectivity index (χ2v) is 8.97. The minimum absolute atomic E-state index is 0.0799. The summed E-state index contributed by atoms with van der Waals surface area (Å²) in [5, 5.41) is 2.95. The van der Waals surface area contributed by atoms with Gasteiger partial charge >= 0.3 is 0 Å². The van der Waals surface area contributed by atoms with Crippen LogP contribution in [0, 0.1) is 13.8 Å². The molecule has 150 valence electrons. The van der Waals surface area contributed by atoms with Gasteiger partial charge in [-0.3, -0.25) is 9.52 Å². The lowest BCUT2D eigenvalue weighted by atomic mass is 10.1. The number of ether oxygens (including phenoxy) is 1. The Morgan fingerprint density at radius 1 is 1.04 bits per heavy atom. The molecule has 6 nitrogen and oxygen atoms in total. The fraction of sp³-hybridized carbons (Fsp3) is 0.381. The number of sulfonamides is 1. The highest BCUT2D eigenvalue weighted by Crippen LogP contribution is 2.21. The fourth-order valence-corrected chi connectivity index (χ4v) is 4.49. The van der Waals surface area contributed by atoms with E-state index in [4.69, 9.17) is 4.74 Å². The van der Waals surface area contributed by atoms with Gasteiger partial charge in [0.05, 0.1) is 4.90 Å². The molecular weight excluding hydrogens is 376 g/mol. The van der Waals surface area contributed by atoms with Crippen molar-refractivity contribution in [3.05, 3.63) is 53.6 Å². The maximum atomic E-state index is 12.6. The largest absolute Gasteiger partial charge is 0.484 e. The Morgan fingerprint density at radius 3 is 2.25 bits per heavy atom. The van der Waals surface area contributed by atoms with Gasteiger partial charge in [0.1, 0.15) is 5.75 Å². The lowest BCUT2D eigenvalue weighted by Crippen LogP contribution is -2.36. The quantitative estimate of drug-likeness (QED) is 0.742. The first-order valence-corrected chi connectivity index (χ1v) is 10.9. The molecule has 28 heavy (non-hydrogen) atoms. The molecule has 0 aliphatic heterocycles. The zero-order valence-electron chi connectivity index (χ0n) is 16.2. The summed E-state index contributed by atoms with van der Waals surface area (Å²) in [7, 11) is -3.70. The van der Waals surface area contributed by atoms with Crippen LogP contribution in [0.25, 0.3) is 0 Å². The number of carbonyl (C=O) groups is 1. The van der Waals surface area contributed by atoms with Crippen LogP contribution in [0.1, 0.15) is 36.8 Å². The van der Waals surface area contributed by atoms with Crippen molar-refractivity contribution < 1.29 is 17.9 Å². The van der Waals surface area contributed by atoms with Crippen LogP contribution in [-0.2, 0) is 14.8 Å². The number of rotatable bonds is 7. The van der Waals surface area contributed by atoms with Gasteiger partial charge in [-0.1, -0.05) is 18.9 Å².